The van der Waals surface area contributed by atoms with E-state index in [1.165, 1.54) is 10.8 Å². The molecule has 3 N–H and O–H groups in total. The van der Waals surface area contributed by atoms with E-state index in [4.69, 9.17) is 5.73 Å². The molecule has 0 spiro atoms. The van der Waals surface area contributed by atoms with Gasteiger partial charge in [0.1, 0.15) is 16.9 Å². The quantitative estimate of drug-likeness (QED) is 0.769. The first-order valence-corrected chi connectivity index (χ1v) is 7.84. The number of H-pyrrole nitrogens is 1. The number of aryl methyl sites for hydroxylation is 1. The highest BCUT2D eigenvalue weighted by Gasteiger charge is 2.15. The van der Waals surface area contributed by atoms with Crippen LogP contribution < -0.4 is 11.3 Å². The smallest absolute Gasteiger partial charge is 0.274 e. The van der Waals surface area contributed by atoms with Gasteiger partial charge in [-0.25, -0.2) is 9.37 Å². The highest BCUT2D eigenvalue weighted by atomic mass is 19.1. The number of nitrogens with zero attached hydrogens (tertiary/aromatic N) is 3. The lowest BCUT2D eigenvalue weighted by Gasteiger charge is -2.08. The Kier molecular flexibility index (Phi) is 4.09. The van der Waals surface area contributed by atoms with Gasteiger partial charge in [0.05, 0.1) is 24.1 Å². The van der Waals surface area contributed by atoms with Gasteiger partial charge in [0.15, 0.2) is 5.82 Å². The predicted octanol–water partition coefficient (Wildman–Crippen LogP) is 2.40. The van der Waals surface area contributed by atoms with E-state index >= 15 is 0 Å². The summed E-state index contributed by atoms with van der Waals surface area (Å²) in [5, 5.41) is 0. The van der Waals surface area contributed by atoms with Crippen LogP contribution in [0.3, 0.4) is 0 Å². The summed E-state index contributed by atoms with van der Waals surface area (Å²) < 4.78 is 15.6. The minimum Gasteiger partial charge on any atom is -0.394 e. The third-order valence-corrected chi connectivity index (χ3v) is 3.93. The predicted molar refractivity (Wildman–Crippen MR) is 91.3 cm³/mol. The lowest BCUT2D eigenvalue weighted by molar-refractivity contribution is 0.616. The van der Waals surface area contributed by atoms with Crippen molar-refractivity contribution in [1.29, 1.82) is 0 Å². The number of anilines is 1. The number of aromatic amines is 1. The second-order valence-electron chi connectivity index (χ2n) is 6.38. The monoisotopic (exact) mass is 329 g/mol. The molecule has 3 rings (SSSR count). The summed E-state index contributed by atoms with van der Waals surface area (Å²) in [5.41, 5.74) is 7.93. The van der Waals surface area contributed by atoms with Gasteiger partial charge in [-0.15, -0.1) is 0 Å². The molecule has 0 aliphatic rings. The minimum absolute atomic E-state index is 0.171. The third kappa shape index (κ3) is 2.89. The van der Waals surface area contributed by atoms with Crippen molar-refractivity contribution in [3.8, 4) is 0 Å². The maximum atomic E-state index is 14.1. The van der Waals surface area contributed by atoms with Crippen molar-refractivity contribution >= 4 is 16.7 Å². The standard InChI is InChI=1S/C17H20FN5O/c1-9(2)6-13-16-15(11(18)7-20-13)21-14(22-16)8-23-10(3)4-5-12(19)17(23)24/h4-5,7,9H,6,8,19H2,1-3H3,(H,21,22). The summed E-state index contributed by atoms with van der Waals surface area (Å²) in [6.45, 7) is 6.15. The van der Waals surface area contributed by atoms with Gasteiger partial charge in [0.25, 0.3) is 5.56 Å². The average Bonchev–Trinajstić information content (AvgIpc) is 2.95. The molecule has 3 heterocycles. The maximum Gasteiger partial charge on any atom is 0.274 e. The van der Waals surface area contributed by atoms with E-state index in [9.17, 15) is 9.18 Å². The topological polar surface area (TPSA) is 89.6 Å². The van der Waals surface area contributed by atoms with Gasteiger partial charge in [0.2, 0.25) is 0 Å². The summed E-state index contributed by atoms with van der Waals surface area (Å²) in [5.74, 6) is 0.427. The highest BCUT2D eigenvalue weighted by Crippen LogP contribution is 2.20. The van der Waals surface area contributed by atoms with Crippen LogP contribution in [0.15, 0.2) is 23.1 Å². The van der Waals surface area contributed by atoms with E-state index in [1.807, 2.05) is 6.92 Å². The number of hydrogen-bond donors (Lipinski definition) is 2. The lowest BCUT2D eigenvalue weighted by atomic mass is 10.1. The summed E-state index contributed by atoms with van der Waals surface area (Å²) in [4.78, 5) is 23.8. The van der Waals surface area contributed by atoms with Crippen molar-refractivity contribution in [2.75, 3.05) is 5.73 Å². The molecule has 0 bridgehead atoms. The summed E-state index contributed by atoms with van der Waals surface area (Å²) in [6, 6.07) is 3.35. The van der Waals surface area contributed by atoms with Gasteiger partial charge < -0.3 is 15.3 Å². The number of nitrogen functional groups attached to an aromatic ring is 1. The number of pyridine rings is 2. The average molecular weight is 329 g/mol. The Morgan fingerprint density at radius 3 is 2.83 bits per heavy atom. The fourth-order valence-corrected chi connectivity index (χ4v) is 2.71. The van der Waals surface area contributed by atoms with Crippen molar-refractivity contribution in [2.24, 2.45) is 5.92 Å². The molecule has 7 heteroatoms. The molecule has 0 fully saturated rings. The fraction of sp³-hybridized carbons (Fsp3) is 0.353. The SMILES string of the molecule is Cc1ccc(N)c(=O)n1Cc1nc2c(CC(C)C)ncc(F)c2[nH]1. The first-order chi connectivity index (χ1) is 11.4. The number of fused-ring (bicyclic) bond motifs is 1. The molecular formula is C17H20FN5O. The van der Waals surface area contributed by atoms with Crippen LogP contribution in [0.5, 0.6) is 0 Å². The van der Waals surface area contributed by atoms with Crippen LogP contribution in [0.1, 0.15) is 31.1 Å². The first-order valence-electron chi connectivity index (χ1n) is 7.84. The molecule has 3 aromatic heterocycles. The summed E-state index contributed by atoms with van der Waals surface area (Å²) in [6.07, 6.45) is 1.91. The number of nitrogens with two attached hydrogens (primary N) is 1. The molecule has 6 nitrogen and oxygen atoms in total. The van der Waals surface area contributed by atoms with Gasteiger partial charge in [-0.2, -0.15) is 0 Å². The van der Waals surface area contributed by atoms with Crippen LogP contribution in [0.25, 0.3) is 11.0 Å². The number of nitrogens with one attached hydrogen (secondary N) is 1. The Morgan fingerprint density at radius 2 is 2.12 bits per heavy atom. The Bertz CT molecular complexity index is 958. The minimum atomic E-state index is -0.451. The van der Waals surface area contributed by atoms with Crippen LogP contribution >= 0.6 is 0 Å². The van der Waals surface area contributed by atoms with E-state index < -0.39 is 5.82 Å². The molecule has 0 unspecified atom stereocenters. The largest absolute Gasteiger partial charge is 0.394 e. The Morgan fingerprint density at radius 1 is 1.38 bits per heavy atom. The molecule has 0 aromatic carbocycles. The molecule has 0 aliphatic heterocycles. The van der Waals surface area contributed by atoms with Crippen LogP contribution in [0.4, 0.5) is 10.1 Å². The van der Waals surface area contributed by atoms with Gasteiger partial charge >= 0.3 is 0 Å². The third-order valence-electron chi connectivity index (χ3n) is 3.93. The molecule has 126 valence electrons. The molecular weight excluding hydrogens is 309 g/mol. The van der Waals surface area contributed by atoms with Gasteiger partial charge in [-0.3, -0.25) is 9.78 Å². The second-order valence-corrected chi connectivity index (χ2v) is 6.38. The molecule has 24 heavy (non-hydrogen) atoms. The normalized spacial score (nSPS) is 11.5. The highest BCUT2D eigenvalue weighted by molar-refractivity contribution is 5.77. The molecule has 0 aliphatic carbocycles. The van der Waals surface area contributed by atoms with Crippen LogP contribution in [0, 0.1) is 18.7 Å². The molecule has 0 saturated carbocycles. The Balaban J connectivity index is 2.08. The zero-order valence-corrected chi connectivity index (χ0v) is 13.9. The molecule has 0 saturated heterocycles. The van der Waals surface area contributed by atoms with E-state index in [1.54, 1.807) is 12.1 Å². The Labute approximate surface area is 138 Å². The van der Waals surface area contributed by atoms with E-state index in [-0.39, 0.29) is 17.8 Å². The number of aromatic nitrogens is 4. The van der Waals surface area contributed by atoms with Gasteiger partial charge in [0, 0.05) is 5.69 Å². The van der Waals surface area contributed by atoms with Crippen LogP contribution in [0.2, 0.25) is 0 Å². The number of rotatable bonds is 4. The second kappa shape index (κ2) is 6.07. The van der Waals surface area contributed by atoms with E-state index in [2.05, 4.69) is 28.8 Å². The molecule has 3 aromatic rings. The molecule has 0 amide bonds. The summed E-state index contributed by atoms with van der Waals surface area (Å²) in [7, 11) is 0. The lowest BCUT2D eigenvalue weighted by Crippen LogP contribution is -2.25. The number of halogens is 1. The summed E-state index contributed by atoms with van der Waals surface area (Å²) >= 11 is 0. The molecule has 0 radical (unpaired) electrons. The van der Waals surface area contributed by atoms with Crippen molar-refractivity contribution in [2.45, 2.75) is 33.7 Å². The van der Waals surface area contributed by atoms with E-state index in [0.29, 0.717) is 29.2 Å². The first kappa shape index (κ1) is 16.2. The van der Waals surface area contributed by atoms with E-state index in [0.717, 1.165) is 11.4 Å². The van der Waals surface area contributed by atoms with Crippen LogP contribution in [-0.4, -0.2) is 19.5 Å². The number of hydrogen-bond acceptors (Lipinski definition) is 4. The molecule has 0 atom stereocenters. The van der Waals surface area contributed by atoms with Crippen LogP contribution in [-0.2, 0) is 13.0 Å². The zero-order chi connectivity index (χ0) is 17.4. The maximum absolute atomic E-state index is 14.1. The van der Waals surface area contributed by atoms with Gasteiger partial charge in [-0.05, 0) is 31.4 Å². The van der Waals surface area contributed by atoms with Crippen molar-refractivity contribution in [3.63, 3.8) is 0 Å². The number of imidazole rings is 1. The van der Waals surface area contributed by atoms with Crippen molar-refractivity contribution in [1.82, 2.24) is 19.5 Å². The zero-order valence-electron chi connectivity index (χ0n) is 13.9. The fourth-order valence-electron chi connectivity index (χ4n) is 2.71. The Hall–Kier alpha value is -2.70. The van der Waals surface area contributed by atoms with Gasteiger partial charge in [-0.1, -0.05) is 13.8 Å². The van der Waals surface area contributed by atoms with Crippen molar-refractivity contribution in [3.05, 3.63) is 51.7 Å². The van der Waals surface area contributed by atoms with Crippen molar-refractivity contribution < 1.29 is 4.39 Å².